The van der Waals surface area contributed by atoms with Crippen molar-refractivity contribution in [3.8, 4) is 0 Å². The number of methoxy groups -OCH3 is 1. The molecule has 0 aliphatic rings. The quantitative estimate of drug-likeness (QED) is 0.654. The predicted molar refractivity (Wildman–Crippen MR) is 100 cm³/mol. The van der Waals surface area contributed by atoms with Crippen LogP contribution >= 0.6 is 0 Å². The first kappa shape index (κ1) is 18.4. The Kier molecular flexibility index (Phi) is 5.71. The smallest absolute Gasteiger partial charge is 0.408 e. The Morgan fingerprint density at radius 3 is 2.67 bits per heavy atom. The Morgan fingerprint density at radius 2 is 1.93 bits per heavy atom. The summed E-state index contributed by atoms with van der Waals surface area (Å²) in [6.07, 6.45) is -0.395. The number of imidazole rings is 1. The van der Waals surface area contributed by atoms with Gasteiger partial charge in [0.1, 0.15) is 18.5 Å². The first-order valence-corrected chi connectivity index (χ1v) is 8.55. The molecule has 140 valence electrons. The van der Waals surface area contributed by atoms with Crippen molar-refractivity contribution < 1.29 is 19.1 Å². The summed E-state index contributed by atoms with van der Waals surface area (Å²) < 4.78 is 10.0. The molecule has 2 N–H and O–H groups in total. The topological polar surface area (TPSA) is 93.3 Å². The molecule has 27 heavy (non-hydrogen) atoms. The first-order chi connectivity index (χ1) is 13.0. The molecule has 1 aromatic heterocycles. The molecule has 0 radical (unpaired) electrons. The molecule has 7 heteroatoms. The molecule has 3 rings (SSSR count). The zero-order chi connectivity index (χ0) is 19.2. The zero-order valence-electron chi connectivity index (χ0n) is 15.2. The van der Waals surface area contributed by atoms with Crippen LogP contribution in [0.4, 0.5) is 4.79 Å². The molecule has 1 amide bonds. The Morgan fingerprint density at radius 1 is 1.15 bits per heavy atom. The zero-order valence-corrected chi connectivity index (χ0v) is 15.2. The van der Waals surface area contributed by atoms with Gasteiger partial charge in [0.15, 0.2) is 0 Å². The van der Waals surface area contributed by atoms with Crippen LogP contribution in [-0.4, -0.2) is 35.2 Å². The molecule has 7 nitrogen and oxygen atoms in total. The van der Waals surface area contributed by atoms with Gasteiger partial charge in [0.2, 0.25) is 0 Å². The molecule has 0 bridgehead atoms. The standard InChI is InChI=1S/C20H21N3O4/c1-13-21-16-9-8-15(10-17(16)22-13)11-18(19(24)26-2)23-20(25)27-12-14-6-4-3-5-7-14/h3-10,18H,11-12H2,1-2H3,(H,21,22)(H,23,25). The van der Waals surface area contributed by atoms with Crippen LogP contribution in [-0.2, 0) is 27.3 Å². The number of H-pyrrole nitrogens is 1. The summed E-state index contributed by atoms with van der Waals surface area (Å²) in [5, 5.41) is 2.58. The minimum Gasteiger partial charge on any atom is -0.467 e. The number of ether oxygens (including phenoxy) is 2. The van der Waals surface area contributed by atoms with E-state index in [2.05, 4.69) is 15.3 Å². The van der Waals surface area contributed by atoms with E-state index in [1.165, 1.54) is 7.11 Å². The summed E-state index contributed by atoms with van der Waals surface area (Å²) >= 11 is 0. The normalized spacial score (nSPS) is 11.8. The number of nitrogens with one attached hydrogen (secondary N) is 2. The average Bonchev–Trinajstić information content (AvgIpc) is 3.05. The molecule has 0 aliphatic heterocycles. The lowest BCUT2D eigenvalue weighted by atomic mass is 10.1. The van der Waals surface area contributed by atoms with E-state index in [1.54, 1.807) is 0 Å². The first-order valence-electron chi connectivity index (χ1n) is 8.55. The second-order valence-electron chi connectivity index (χ2n) is 6.16. The number of benzene rings is 2. The number of fused-ring (bicyclic) bond motifs is 1. The second kappa shape index (κ2) is 8.35. The number of rotatable bonds is 6. The number of amides is 1. The minimum atomic E-state index is -0.847. The fraction of sp³-hybridized carbons (Fsp3) is 0.250. The summed E-state index contributed by atoms with van der Waals surface area (Å²) in [7, 11) is 1.29. The predicted octanol–water partition coefficient (Wildman–Crippen LogP) is 2.88. The SMILES string of the molecule is COC(=O)C(Cc1ccc2nc(C)[nH]c2c1)NC(=O)OCc1ccccc1. The van der Waals surface area contributed by atoms with E-state index in [-0.39, 0.29) is 13.0 Å². The van der Waals surface area contributed by atoms with Crippen LogP contribution in [0.1, 0.15) is 17.0 Å². The lowest BCUT2D eigenvalue weighted by molar-refractivity contribution is -0.143. The largest absolute Gasteiger partial charge is 0.467 e. The summed E-state index contributed by atoms with van der Waals surface area (Å²) in [4.78, 5) is 31.7. The molecule has 3 aromatic rings. The Hall–Kier alpha value is -3.35. The fourth-order valence-corrected chi connectivity index (χ4v) is 2.79. The van der Waals surface area contributed by atoms with Crippen LogP contribution in [0.5, 0.6) is 0 Å². The molecule has 0 aliphatic carbocycles. The molecule has 1 heterocycles. The van der Waals surface area contributed by atoms with E-state index >= 15 is 0 Å². The molecule has 1 unspecified atom stereocenters. The van der Waals surface area contributed by atoms with Gasteiger partial charge in [-0.25, -0.2) is 14.6 Å². The number of hydrogen-bond acceptors (Lipinski definition) is 5. The van der Waals surface area contributed by atoms with Crippen molar-refractivity contribution in [2.45, 2.75) is 26.0 Å². The highest BCUT2D eigenvalue weighted by molar-refractivity contribution is 5.82. The molecule has 2 aromatic carbocycles. The molecule has 0 saturated heterocycles. The van der Waals surface area contributed by atoms with Crippen LogP contribution in [0.25, 0.3) is 11.0 Å². The van der Waals surface area contributed by atoms with Crippen molar-refractivity contribution in [1.29, 1.82) is 0 Å². The van der Waals surface area contributed by atoms with E-state index in [0.717, 1.165) is 28.0 Å². The fourth-order valence-electron chi connectivity index (χ4n) is 2.79. The highest BCUT2D eigenvalue weighted by Crippen LogP contribution is 2.15. The van der Waals surface area contributed by atoms with Gasteiger partial charge in [0, 0.05) is 6.42 Å². The second-order valence-corrected chi connectivity index (χ2v) is 6.16. The number of esters is 1. The van der Waals surface area contributed by atoms with Crippen molar-refractivity contribution in [1.82, 2.24) is 15.3 Å². The Labute approximate surface area is 156 Å². The lowest BCUT2D eigenvalue weighted by Gasteiger charge is -2.16. The van der Waals surface area contributed by atoms with Gasteiger partial charge in [-0.05, 0) is 30.2 Å². The van der Waals surface area contributed by atoms with Crippen LogP contribution in [0, 0.1) is 6.92 Å². The molecule has 0 fully saturated rings. The van der Waals surface area contributed by atoms with Crippen LogP contribution in [0.15, 0.2) is 48.5 Å². The highest BCUT2D eigenvalue weighted by atomic mass is 16.6. The van der Waals surface area contributed by atoms with E-state index in [0.29, 0.717) is 0 Å². The number of aromatic amines is 1. The van der Waals surface area contributed by atoms with Crippen LogP contribution in [0.3, 0.4) is 0 Å². The number of aromatic nitrogens is 2. The van der Waals surface area contributed by atoms with E-state index in [4.69, 9.17) is 9.47 Å². The number of carbonyl (C=O) groups is 2. The van der Waals surface area contributed by atoms with Gasteiger partial charge in [-0.2, -0.15) is 0 Å². The highest BCUT2D eigenvalue weighted by Gasteiger charge is 2.23. The summed E-state index contributed by atoms with van der Waals surface area (Å²) in [5.41, 5.74) is 3.45. The van der Waals surface area contributed by atoms with Gasteiger partial charge >= 0.3 is 12.1 Å². The summed E-state index contributed by atoms with van der Waals surface area (Å²) in [5.74, 6) is 0.279. The number of aryl methyl sites for hydroxylation is 1. The van der Waals surface area contributed by atoms with Gasteiger partial charge in [-0.1, -0.05) is 36.4 Å². The monoisotopic (exact) mass is 367 g/mol. The molecule has 1 atom stereocenters. The number of hydrogen-bond donors (Lipinski definition) is 2. The van der Waals surface area contributed by atoms with E-state index < -0.39 is 18.1 Å². The maximum atomic E-state index is 12.1. The lowest BCUT2D eigenvalue weighted by Crippen LogP contribution is -2.43. The molecular formula is C20H21N3O4. The van der Waals surface area contributed by atoms with Gasteiger partial charge in [0.05, 0.1) is 18.1 Å². The van der Waals surface area contributed by atoms with Gasteiger partial charge in [-0.3, -0.25) is 0 Å². The molecule has 0 saturated carbocycles. The Bertz CT molecular complexity index is 937. The van der Waals surface area contributed by atoms with Crippen molar-refractivity contribution >= 4 is 23.1 Å². The average molecular weight is 367 g/mol. The van der Waals surface area contributed by atoms with Crippen LogP contribution < -0.4 is 5.32 Å². The third kappa shape index (κ3) is 4.84. The van der Waals surface area contributed by atoms with Gasteiger partial charge in [-0.15, -0.1) is 0 Å². The van der Waals surface area contributed by atoms with Gasteiger partial charge < -0.3 is 19.8 Å². The van der Waals surface area contributed by atoms with E-state index in [1.807, 2.05) is 55.5 Å². The maximum Gasteiger partial charge on any atom is 0.408 e. The summed E-state index contributed by atoms with van der Waals surface area (Å²) in [6.45, 7) is 2.00. The third-order valence-corrected chi connectivity index (χ3v) is 4.10. The molecule has 0 spiro atoms. The number of alkyl carbamates (subject to hydrolysis) is 1. The Balaban J connectivity index is 1.65. The van der Waals surface area contributed by atoms with Crippen molar-refractivity contribution in [3.63, 3.8) is 0 Å². The van der Waals surface area contributed by atoms with Crippen molar-refractivity contribution in [2.24, 2.45) is 0 Å². The molecular weight excluding hydrogens is 346 g/mol. The third-order valence-electron chi connectivity index (χ3n) is 4.10. The number of carbonyl (C=O) groups excluding carboxylic acids is 2. The van der Waals surface area contributed by atoms with Crippen molar-refractivity contribution in [2.75, 3.05) is 7.11 Å². The van der Waals surface area contributed by atoms with Gasteiger partial charge in [0.25, 0.3) is 0 Å². The van der Waals surface area contributed by atoms with Crippen molar-refractivity contribution in [3.05, 3.63) is 65.5 Å². The number of nitrogens with zero attached hydrogens (tertiary/aromatic N) is 1. The minimum absolute atomic E-state index is 0.125. The summed E-state index contributed by atoms with van der Waals surface area (Å²) in [6, 6.07) is 14.1. The van der Waals surface area contributed by atoms with Crippen LogP contribution in [0.2, 0.25) is 0 Å². The van der Waals surface area contributed by atoms with E-state index in [9.17, 15) is 9.59 Å². The maximum absolute atomic E-state index is 12.1.